The van der Waals surface area contributed by atoms with Crippen LogP contribution in [-0.4, -0.2) is 40.9 Å². The topological polar surface area (TPSA) is 93.1 Å². The van der Waals surface area contributed by atoms with Crippen molar-refractivity contribution < 1.29 is 27.8 Å². The average Bonchev–Trinajstić information content (AvgIpc) is 2.86. The van der Waals surface area contributed by atoms with Crippen molar-refractivity contribution in [1.82, 2.24) is 9.88 Å². The van der Waals surface area contributed by atoms with Gasteiger partial charge in [-0.2, -0.15) is 0 Å². The number of hydrogen-bond acceptors (Lipinski definition) is 7. The number of anilines is 1. The zero-order valence-corrected chi connectivity index (χ0v) is 19.8. The Hall–Kier alpha value is -4.05. The van der Waals surface area contributed by atoms with Gasteiger partial charge in [0.15, 0.2) is 17.5 Å². The third-order valence-corrected chi connectivity index (χ3v) is 5.42. The van der Waals surface area contributed by atoms with Crippen LogP contribution in [0.5, 0.6) is 11.6 Å². The van der Waals surface area contributed by atoms with Gasteiger partial charge < -0.3 is 14.8 Å². The maximum absolute atomic E-state index is 14.7. The van der Waals surface area contributed by atoms with Gasteiger partial charge >= 0.3 is 5.97 Å². The quantitative estimate of drug-likeness (QED) is 0.360. The van der Waals surface area contributed by atoms with E-state index in [9.17, 15) is 18.4 Å². The molecular formula is C25H21ClF2N4O4. The van der Waals surface area contributed by atoms with E-state index in [1.807, 2.05) is 0 Å². The van der Waals surface area contributed by atoms with E-state index in [0.717, 1.165) is 23.9 Å². The number of hydrogen-bond donors (Lipinski definition) is 1. The number of carbonyl (C=O) groups is 2. The molecule has 1 aliphatic heterocycles. The molecule has 0 saturated heterocycles. The van der Waals surface area contributed by atoms with E-state index in [1.54, 1.807) is 31.2 Å². The van der Waals surface area contributed by atoms with Crippen LogP contribution in [0.25, 0.3) is 0 Å². The second-order valence-electron chi connectivity index (χ2n) is 7.71. The zero-order valence-electron chi connectivity index (χ0n) is 19.1. The summed E-state index contributed by atoms with van der Waals surface area (Å²) in [5, 5.41) is 3.48. The number of pyridine rings is 1. The van der Waals surface area contributed by atoms with Gasteiger partial charge in [0, 0.05) is 22.8 Å². The van der Waals surface area contributed by atoms with Crippen LogP contribution in [0.15, 0.2) is 65.8 Å². The molecule has 0 spiro atoms. The van der Waals surface area contributed by atoms with Gasteiger partial charge in [-0.25, -0.2) is 13.8 Å². The van der Waals surface area contributed by atoms with Crippen LogP contribution in [0.1, 0.15) is 12.5 Å². The molecule has 186 valence electrons. The maximum atomic E-state index is 14.7. The summed E-state index contributed by atoms with van der Waals surface area (Å²) in [6.07, 6.45) is 0.959. The molecule has 2 heterocycles. The fraction of sp³-hybridized carbons (Fsp3) is 0.200. The van der Waals surface area contributed by atoms with E-state index >= 15 is 0 Å². The second-order valence-corrected chi connectivity index (χ2v) is 8.14. The van der Waals surface area contributed by atoms with Crippen molar-refractivity contribution in [2.45, 2.75) is 13.5 Å². The first-order valence-electron chi connectivity index (χ1n) is 11.0. The number of rotatable bonds is 7. The summed E-state index contributed by atoms with van der Waals surface area (Å²) in [4.78, 5) is 34.9. The number of benzene rings is 2. The predicted octanol–water partition coefficient (Wildman–Crippen LogP) is 4.80. The Morgan fingerprint density at radius 3 is 2.61 bits per heavy atom. The monoisotopic (exact) mass is 514 g/mol. The maximum Gasteiger partial charge on any atom is 0.320 e. The molecule has 3 aromatic rings. The van der Waals surface area contributed by atoms with Gasteiger partial charge in [-0.15, -0.1) is 0 Å². The number of nitrogens with zero attached hydrogens (tertiary/aromatic N) is 3. The number of halogens is 3. The van der Waals surface area contributed by atoms with Gasteiger partial charge in [0.2, 0.25) is 17.7 Å². The first kappa shape index (κ1) is 25.1. The molecule has 36 heavy (non-hydrogen) atoms. The third kappa shape index (κ3) is 5.95. The highest BCUT2D eigenvalue weighted by Gasteiger charge is 2.37. The minimum Gasteiger partial charge on any atom is -0.465 e. The van der Waals surface area contributed by atoms with Gasteiger partial charge in [0.05, 0.1) is 25.9 Å². The number of amides is 1. The normalized spacial score (nSPS) is 15.3. The summed E-state index contributed by atoms with van der Waals surface area (Å²) in [7, 11) is 0. The van der Waals surface area contributed by atoms with Crippen LogP contribution in [0.2, 0.25) is 5.02 Å². The standard InChI is InChI=1S/C25H21ClF2N4O4/c1-2-35-24(34)19-13-30-25(32(23(19)33)14-15-3-5-16(26)6-4-15)31-18-8-9-21(20(28)11-18)36-22-10-7-17(27)12-29-22/h3-12,19H,2,13-14H2,1H3,(H,30,31). The Morgan fingerprint density at radius 2 is 1.94 bits per heavy atom. The fourth-order valence-electron chi connectivity index (χ4n) is 3.41. The number of esters is 1. The largest absolute Gasteiger partial charge is 0.465 e. The van der Waals surface area contributed by atoms with Crippen LogP contribution in [0.4, 0.5) is 14.5 Å². The highest BCUT2D eigenvalue weighted by atomic mass is 35.5. The molecule has 0 radical (unpaired) electrons. The lowest BCUT2D eigenvalue weighted by Gasteiger charge is -2.31. The van der Waals surface area contributed by atoms with Crippen LogP contribution < -0.4 is 10.1 Å². The van der Waals surface area contributed by atoms with E-state index in [-0.39, 0.29) is 43.0 Å². The van der Waals surface area contributed by atoms with Gasteiger partial charge in [0.25, 0.3) is 0 Å². The highest BCUT2D eigenvalue weighted by Crippen LogP contribution is 2.27. The van der Waals surface area contributed by atoms with Crippen LogP contribution >= 0.6 is 11.6 Å². The number of ether oxygens (including phenoxy) is 2. The number of nitrogens with one attached hydrogen (secondary N) is 1. The van der Waals surface area contributed by atoms with E-state index in [1.165, 1.54) is 23.1 Å². The number of aromatic nitrogens is 1. The molecule has 11 heteroatoms. The second kappa shape index (κ2) is 11.1. The van der Waals surface area contributed by atoms with Crippen LogP contribution in [0.3, 0.4) is 0 Å². The highest BCUT2D eigenvalue weighted by molar-refractivity contribution is 6.30. The van der Waals surface area contributed by atoms with Crippen molar-refractivity contribution in [1.29, 1.82) is 0 Å². The zero-order chi connectivity index (χ0) is 25.7. The molecule has 2 aromatic carbocycles. The lowest BCUT2D eigenvalue weighted by molar-refractivity contribution is -0.154. The van der Waals surface area contributed by atoms with Crippen LogP contribution in [-0.2, 0) is 20.9 Å². The summed E-state index contributed by atoms with van der Waals surface area (Å²) in [5.41, 5.74) is 1.03. The fourth-order valence-corrected chi connectivity index (χ4v) is 3.54. The average molecular weight is 515 g/mol. The molecular weight excluding hydrogens is 494 g/mol. The van der Waals surface area contributed by atoms with Crippen molar-refractivity contribution in [2.24, 2.45) is 10.9 Å². The summed E-state index contributed by atoms with van der Waals surface area (Å²) in [6.45, 7) is 1.77. The lowest BCUT2D eigenvalue weighted by atomic mass is 10.1. The number of aliphatic imine (C=N–C) groups is 1. The summed E-state index contributed by atoms with van der Waals surface area (Å²) in [6, 6.07) is 13.3. The van der Waals surface area contributed by atoms with E-state index < -0.39 is 29.4 Å². The molecule has 1 aromatic heterocycles. The SMILES string of the molecule is CCOC(=O)C1CN=C(Nc2ccc(Oc3ccc(F)cn3)c(F)c2)N(Cc2ccc(Cl)cc2)C1=O. The third-order valence-electron chi connectivity index (χ3n) is 5.17. The summed E-state index contributed by atoms with van der Waals surface area (Å²) < 4.78 is 38.1. The van der Waals surface area contributed by atoms with Gasteiger partial charge in [0.1, 0.15) is 5.82 Å². The van der Waals surface area contributed by atoms with Crippen LogP contribution in [0, 0.1) is 17.6 Å². The Morgan fingerprint density at radius 1 is 1.17 bits per heavy atom. The molecule has 0 saturated carbocycles. The van der Waals surface area contributed by atoms with Crippen molar-refractivity contribution in [3.8, 4) is 11.6 Å². The van der Waals surface area contributed by atoms with Crippen molar-refractivity contribution in [3.63, 3.8) is 0 Å². The summed E-state index contributed by atoms with van der Waals surface area (Å²) >= 11 is 5.96. The molecule has 0 fully saturated rings. The molecule has 1 amide bonds. The first-order chi connectivity index (χ1) is 17.3. The minimum absolute atomic E-state index is 0.0254. The minimum atomic E-state index is -1.08. The number of carbonyl (C=O) groups excluding carboxylic acids is 2. The molecule has 8 nitrogen and oxygen atoms in total. The summed E-state index contributed by atoms with van der Waals surface area (Å²) in [5.74, 6) is -3.46. The van der Waals surface area contributed by atoms with Gasteiger partial charge in [-0.3, -0.25) is 19.5 Å². The molecule has 1 N–H and O–H groups in total. The van der Waals surface area contributed by atoms with Crippen molar-refractivity contribution >= 4 is 35.1 Å². The Balaban J connectivity index is 1.56. The van der Waals surface area contributed by atoms with E-state index in [2.05, 4.69) is 15.3 Å². The van der Waals surface area contributed by atoms with E-state index in [0.29, 0.717) is 5.02 Å². The van der Waals surface area contributed by atoms with E-state index in [4.69, 9.17) is 21.1 Å². The lowest BCUT2D eigenvalue weighted by Crippen LogP contribution is -2.50. The van der Waals surface area contributed by atoms with Crippen molar-refractivity contribution in [3.05, 3.63) is 83.0 Å². The molecule has 1 atom stereocenters. The number of guanidine groups is 1. The Labute approximate surface area is 210 Å². The van der Waals surface area contributed by atoms with Crippen molar-refractivity contribution in [2.75, 3.05) is 18.5 Å². The molecule has 4 rings (SSSR count). The first-order valence-corrected chi connectivity index (χ1v) is 11.3. The van der Waals surface area contributed by atoms with Gasteiger partial charge in [-0.1, -0.05) is 23.7 Å². The Kier molecular flexibility index (Phi) is 7.74. The van der Waals surface area contributed by atoms with Gasteiger partial charge in [-0.05, 0) is 42.8 Å². The molecule has 0 aliphatic carbocycles. The predicted molar refractivity (Wildman–Crippen MR) is 129 cm³/mol. The molecule has 1 aliphatic rings. The Bertz CT molecular complexity index is 1290. The smallest absolute Gasteiger partial charge is 0.320 e. The molecule has 1 unspecified atom stereocenters. The molecule has 0 bridgehead atoms.